The Kier molecular flexibility index (Phi) is 1.35. The molecule has 0 aliphatic carbocycles. The second-order valence-corrected chi connectivity index (χ2v) is 5.40. The van der Waals surface area contributed by atoms with Gasteiger partial charge in [-0.05, 0) is 27.7 Å². The van der Waals surface area contributed by atoms with Gasteiger partial charge in [0.15, 0.2) is 0 Å². The van der Waals surface area contributed by atoms with Crippen LogP contribution in [0, 0.1) is 5.92 Å². The molecule has 8 heavy (non-hydrogen) atoms. The largest absolute Gasteiger partial charge is 0.268 e. The van der Waals surface area contributed by atoms with E-state index in [2.05, 4.69) is 12.8 Å². The van der Waals surface area contributed by atoms with Crippen LogP contribution in [0.25, 0.3) is 0 Å². The molecule has 1 aliphatic heterocycles. The molecular weight excluding hydrogens is 120 g/mol. The lowest BCUT2D eigenvalue weighted by Crippen LogP contribution is -2.01. The third kappa shape index (κ3) is 1.25. The minimum absolute atomic E-state index is 0.653. The molecule has 2 unspecified atom stereocenters. The van der Waals surface area contributed by atoms with Gasteiger partial charge >= 0.3 is 0 Å². The first-order valence-corrected chi connectivity index (χ1v) is 4.99. The van der Waals surface area contributed by atoms with Crippen LogP contribution >= 0.6 is 0 Å². The number of hydrogen-bond acceptors (Lipinski definition) is 1. The fraction of sp³-hybridized carbons (Fsp3) is 0.833. The molecule has 1 saturated heterocycles. The maximum atomic E-state index is 11.1. The van der Waals surface area contributed by atoms with Crippen molar-refractivity contribution in [2.75, 3.05) is 11.5 Å². The van der Waals surface area contributed by atoms with Crippen molar-refractivity contribution in [2.24, 2.45) is 5.92 Å². The Labute approximate surface area is 51.1 Å². The van der Waals surface area contributed by atoms with Crippen molar-refractivity contribution in [2.45, 2.75) is 13.3 Å². The van der Waals surface area contributed by atoms with Gasteiger partial charge in [-0.2, -0.15) is 0 Å². The zero-order valence-electron chi connectivity index (χ0n) is 5.22. The van der Waals surface area contributed by atoms with Gasteiger partial charge in [0.2, 0.25) is 0 Å². The summed E-state index contributed by atoms with van der Waals surface area (Å²) in [6, 6.07) is 0. The minimum atomic E-state index is -1.60. The molecule has 1 rings (SSSR count). The highest BCUT2D eigenvalue weighted by Crippen LogP contribution is 2.16. The molecule has 1 aliphatic rings. The topological polar surface area (TPSA) is 17.1 Å². The highest BCUT2D eigenvalue weighted by molar-refractivity contribution is 8.00. The van der Waals surface area contributed by atoms with Crippen LogP contribution in [0.4, 0.5) is 0 Å². The Morgan fingerprint density at radius 3 is 2.50 bits per heavy atom. The van der Waals surface area contributed by atoms with E-state index in [0.717, 1.165) is 17.9 Å². The molecule has 0 aromatic carbocycles. The van der Waals surface area contributed by atoms with Gasteiger partial charge in [-0.3, -0.25) is 4.21 Å². The summed E-state index contributed by atoms with van der Waals surface area (Å²) in [5, 5.41) is 0. The van der Waals surface area contributed by atoms with E-state index in [1.165, 1.54) is 0 Å². The molecule has 0 N–H and O–H groups in total. The molecule has 1 heterocycles. The third-order valence-electron chi connectivity index (χ3n) is 1.57. The molecule has 2 atom stereocenters. The molecular formula is C6H12OS. The van der Waals surface area contributed by atoms with E-state index in [1.807, 2.05) is 0 Å². The normalized spacial score (nSPS) is 47.4. The molecule has 0 aromatic rings. The maximum absolute atomic E-state index is 11.1. The zero-order valence-corrected chi connectivity index (χ0v) is 6.04. The zero-order chi connectivity index (χ0) is 6.20. The molecule has 48 valence electrons. The summed E-state index contributed by atoms with van der Waals surface area (Å²) in [4.78, 5) is 0. The lowest BCUT2D eigenvalue weighted by Gasteiger charge is -1.94. The van der Waals surface area contributed by atoms with Crippen LogP contribution in [-0.4, -0.2) is 21.6 Å². The summed E-state index contributed by atoms with van der Waals surface area (Å²) in [5.41, 5.74) is 0. The second-order valence-electron chi connectivity index (χ2n) is 2.73. The first-order chi connectivity index (χ1) is 3.60. The minimum Gasteiger partial charge on any atom is -0.268 e. The molecule has 0 amide bonds. The van der Waals surface area contributed by atoms with Gasteiger partial charge in [0.25, 0.3) is 0 Å². The van der Waals surface area contributed by atoms with Gasteiger partial charge in [-0.15, -0.1) is 0 Å². The smallest absolute Gasteiger partial charge is 0.0184 e. The molecule has 1 nitrogen and oxygen atoms in total. The lowest BCUT2D eigenvalue weighted by molar-refractivity contribution is 0.664. The van der Waals surface area contributed by atoms with Crippen LogP contribution in [0.2, 0.25) is 0 Å². The summed E-state index contributed by atoms with van der Waals surface area (Å²) >= 11 is 0. The Morgan fingerprint density at radius 2 is 2.38 bits per heavy atom. The lowest BCUT2D eigenvalue weighted by atomic mass is 10.2. The molecule has 0 aromatic heterocycles. The first-order valence-electron chi connectivity index (χ1n) is 2.93. The average molecular weight is 132 g/mol. The highest BCUT2D eigenvalue weighted by atomic mass is 32.2. The van der Waals surface area contributed by atoms with Gasteiger partial charge < -0.3 is 0 Å². The standard InChI is InChI=1S/C6H12OS/c1-6-3-4-8(2,7)5-6/h6H,2-5H2,1H3. The summed E-state index contributed by atoms with van der Waals surface area (Å²) in [6.07, 6.45) is 1.11. The fourth-order valence-electron chi connectivity index (χ4n) is 1.10. The third-order valence-corrected chi connectivity index (χ3v) is 3.73. The van der Waals surface area contributed by atoms with Crippen LogP contribution in [0.1, 0.15) is 13.3 Å². The quantitative estimate of drug-likeness (QED) is 0.444. The predicted molar refractivity (Wildman–Crippen MR) is 38.8 cm³/mol. The Balaban J connectivity index is 2.71. The van der Waals surface area contributed by atoms with E-state index in [0.29, 0.717) is 5.92 Å². The van der Waals surface area contributed by atoms with Crippen molar-refractivity contribution in [3.63, 3.8) is 0 Å². The Hall–Kier alpha value is 0.0200. The van der Waals surface area contributed by atoms with Gasteiger partial charge in [0.1, 0.15) is 0 Å². The summed E-state index contributed by atoms with van der Waals surface area (Å²) in [5.74, 6) is 6.01. The van der Waals surface area contributed by atoms with E-state index in [4.69, 9.17) is 0 Å². The van der Waals surface area contributed by atoms with E-state index in [-0.39, 0.29) is 0 Å². The van der Waals surface area contributed by atoms with Crippen LogP contribution in [0.3, 0.4) is 0 Å². The monoisotopic (exact) mass is 132 g/mol. The van der Waals surface area contributed by atoms with Gasteiger partial charge in [0.05, 0.1) is 0 Å². The number of rotatable bonds is 0. The summed E-state index contributed by atoms with van der Waals surface area (Å²) < 4.78 is 11.1. The van der Waals surface area contributed by atoms with E-state index < -0.39 is 9.52 Å². The number of hydrogen-bond donors (Lipinski definition) is 0. The SMILES string of the molecule is C=S1(=O)CCC(C)C1. The van der Waals surface area contributed by atoms with Crippen molar-refractivity contribution in [1.82, 2.24) is 0 Å². The average Bonchev–Trinajstić information content (AvgIpc) is 1.82. The molecule has 0 bridgehead atoms. The van der Waals surface area contributed by atoms with Crippen LogP contribution in [0.15, 0.2) is 0 Å². The van der Waals surface area contributed by atoms with E-state index in [1.54, 1.807) is 0 Å². The van der Waals surface area contributed by atoms with Crippen molar-refractivity contribution >= 4 is 15.4 Å². The van der Waals surface area contributed by atoms with Crippen molar-refractivity contribution in [3.05, 3.63) is 0 Å². The van der Waals surface area contributed by atoms with Gasteiger partial charge in [0, 0.05) is 11.5 Å². The van der Waals surface area contributed by atoms with Crippen molar-refractivity contribution < 1.29 is 4.21 Å². The molecule has 0 saturated carbocycles. The first kappa shape index (κ1) is 6.14. The maximum Gasteiger partial charge on any atom is 0.0184 e. The Bertz CT molecular complexity index is 167. The fourth-order valence-corrected chi connectivity index (χ4v) is 3.30. The van der Waals surface area contributed by atoms with E-state index >= 15 is 0 Å². The van der Waals surface area contributed by atoms with Crippen LogP contribution in [0.5, 0.6) is 0 Å². The molecule has 1 fully saturated rings. The predicted octanol–water partition coefficient (Wildman–Crippen LogP) is 0.743. The van der Waals surface area contributed by atoms with Crippen molar-refractivity contribution in [1.29, 1.82) is 0 Å². The summed E-state index contributed by atoms with van der Waals surface area (Å²) in [7, 11) is -1.60. The molecule has 0 spiro atoms. The Morgan fingerprint density at radius 1 is 1.75 bits per heavy atom. The second kappa shape index (κ2) is 1.76. The van der Waals surface area contributed by atoms with Crippen LogP contribution < -0.4 is 0 Å². The highest BCUT2D eigenvalue weighted by Gasteiger charge is 2.18. The molecule has 0 radical (unpaired) electrons. The van der Waals surface area contributed by atoms with Crippen LogP contribution in [-0.2, 0) is 9.52 Å². The van der Waals surface area contributed by atoms with E-state index in [9.17, 15) is 4.21 Å². The molecule has 2 heteroatoms. The van der Waals surface area contributed by atoms with Crippen molar-refractivity contribution in [3.8, 4) is 0 Å². The van der Waals surface area contributed by atoms with Gasteiger partial charge in [-0.1, -0.05) is 6.92 Å². The summed E-state index contributed by atoms with van der Waals surface area (Å²) in [6.45, 7) is 2.14. The van der Waals surface area contributed by atoms with Gasteiger partial charge in [-0.25, -0.2) is 0 Å².